The average Bonchev–Trinajstić information content (AvgIpc) is 2.48. The minimum Gasteiger partial charge on any atom is -0.354 e. The van der Waals surface area contributed by atoms with Gasteiger partial charge in [-0.25, -0.2) is 0 Å². The number of nitrogens with zero attached hydrogens (tertiary/aromatic N) is 1. The van der Waals surface area contributed by atoms with Crippen LogP contribution in [0.3, 0.4) is 0 Å². The molecule has 0 aliphatic carbocycles. The molecule has 0 spiro atoms. The van der Waals surface area contributed by atoms with Crippen LogP contribution in [0.1, 0.15) is 53.4 Å². The Hall–Kier alpha value is -0.320. The molecule has 0 aromatic carbocycles. The summed E-state index contributed by atoms with van der Waals surface area (Å²) >= 11 is 0. The fraction of sp³-hybridized carbons (Fsp3) is 0.944. The molecule has 2 aliphatic rings. The third-order valence-corrected chi connectivity index (χ3v) is 5.54. The van der Waals surface area contributed by atoms with Gasteiger partial charge < -0.3 is 10.6 Å². The van der Waals surface area contributed by atoms with Crippen LogP contribution in [0.25, 0.3) is 0 Å². The molecule has 0 bridgehead atoms. The van der Waals surface area contributed by atoms with Crippen LogP contribution in [0.2, 0.25) is 0 Å². The Kier molecular flexibility index (Phi) is 8.88. The molecule has 2 heterocycles. The van der Waals surface area contributed by atoms with Crippen molar-refractivity contribution in [2.45, 2.75) is 65.5 Å². The van der Waals surface area contributed by atoms with Gasteiger partial charge in [0.15, 0.2) is 0 Å². The van der Waals surface area contributed by atoms with Gasteiger partial charge in [0, 0.05) is 24.5 Å². The summed E-state index contributed by atoms with van der Waals surface area (Å²) in [5, 5.41) is 6.67. The fourth-order valence-corrected chi connectivity index (χ4v) is 3.87. The molecule has 2 rings (SSSR count). The van der Waals surface area contributed by atoms with Crippen molar-refractivity contribution < 1.29 is 4.79 Å². The van der Waals surface area contributed by atoms with Crippen LogP contribution in [0.15, 0.2) is 0 Å². The first-order valence-corrected chi connectivity index (χ1v) is 9.22. The highest BCUT2D eigenvalue weighted by Crippen LogP contribution is 2.21. The van der Waals surface area contributed by atoms with Gasteiger partial charge in [-0.1, -0.05) is 20.8 Å². The van der Waals surface area contributed by atoms with Crippen molar-refractivity contribution in [3.05, 3.63) is 0 Å². The summed E-state index contributed by atoms with van der Waals surface area (Å²) in [7, 11) is 0. The molecule has 2 aliphatic heterocycles. The average molecular weight is 346 g/mol. The van der Waals surface area contributed by atoms with E-state index in [1.165, 1.54) is 25.9 Å². The Balaban J connectivity index is 0.00000264. The van der Waals surface area contributed by atoms with Gasteiger partial charge in [-0.15, -0.1) is 12.4 Å². The van der Waals surface area contributed by atoms with Gasteiger partial charge in [0.2, 0.25) is 5.91 Å². The quantitative estimate of drug-likeness (QED) is 0.805. The summed E-state index contributed by atoms with van der Waals surface area (Å²) in [6.07, 6.45) is 4.54. The van der Waals surface area contributed by atoms with Crippen LogP contribution in [0, 0.1) is 17.8 Å². The number of piperidine rings is 2. The van der Waals surface area contributed by atoms with Crippen molar-refractivity contribution in [2.75, 3.05) is 26.2 Å². The highest BCUT2D eigenvalue weighted by atomic mass is 35.5. The second-order valence-corrected chi connectivity index (χ2v) is 7.85. The van der Waals surface area contributed by atoms with Crippen molar-refractivity contribution >= 4 is 18.3 Å². The lowest BCUT2D eigenvalue weighted by molar-refractivity contribution is -0.126. The minimum atomic E-state index is 0. The summed E-state index contributed by atoms with van der Waals surface area (Å²) in [5.41, 5.74) is 0. The Morgan fingerprint density at radius 2 is 1.87 bits per heavy atom. The lowest BCUT2D eigenvalue weighted by atomic mass is 9.91. The first-order valence-electron chi connectivity index (χ1n) is 9.22. The van der Waals surface area contributed by atoms with E-state index < -0.39 is 0 Å². The molecule has 1 amide bonds. The first-order chi connectivity index (χ1) is 10.5. The zero-order valence-corrected chi connectivity index (χ0v) is 16.1. The molecule has 0 radical (unpaired) electrons. The lowest BCUT2D eigenvalue weighted by Gasteiger charge is -2.39. The number of rotatable bonds is 5. The first kappa shape index (κ1) is 20.7. The molecular weight excluding hydrogens is 310 g/mol. The molecule has 0 aromatic rings. The fourth-order valence-electron chi connectivity index (χ4n) is 3.87. The van der Waals surface area contributed by atoms with E-state index in [2.05, 4.69) is 43.2 Å². The number of carbonyl (C=O) groups excluding carboxylic acids is 1. The molecule has 2 N–H and O–H groups in total. The second-order valence-electron chi connectivity index (χ2n) is 7.85. The van der Waals surface area contributed by atoms with Gasteiger partial charge in [-0.2, -0.15) is 0 Å². The van der Waals surface area contributed by atoms with E-state index in [4.69, 9.17) is 0 Å². The van der Waals surface area contributed by atoms with Crippen molar-refractivity contribution in [3.8, 4) is 0 Å². The Morgan fingerprint density at radius 3 is 2.43 bits per heavy atom. The number of amides is 1. The molecule has 4 nitrogen and oxygen atoms in total. The van der Waals surface area contributed by atoms with Crippen molar-refractivity contribution in [3.63, 3.8) is 0 Å². The molecule has 0 aromatic heterocycles. The van der Waals surface area contributed by atoms with E-state index in [-0.39, 0.29) is 24.2 Å². The van der Waals surface area contributed by atoms with Gasteiger partial charge in [-0.3, -0.25) is 9.69 Å². The highest BCUT2D eigenvalue weighted by molar-refractivity contribution is 5.85. The van der Waals surface area contributed by atoms with Gasteiger partial charge in [0.05, 0.1) is 0 Å². The van der Waals surface area contributed by atoms with Crippen LogP contribution >= 0.6 is 12.4 Å². The Morgan fingerprint density at radius 1 is 1.22 bits per heavy atom. The van der Waals surface area contributed by atoms with E-state index >= 15 is 0 Å². The normalized spacial score (nSPS) is 28.2. The number of hydrogen-bond donors (Lipinski definition) is 2. The van der Waals surface area contributed by atoms with Crippen LogP contribution < -0.4 is 10.6 Å². The third kappa shape index (κ3) is 6.24. The van der Waals surface area contributed by atoms with E-state index in [1.807, 2.05) is 0 Å². The van der Waals surface area contributed by atoms with E-state index in [1.54, 1.807) is 0 Å². The Labute approximate surface area is 148 Å². The maximum absolute atomic E-state index is 12.4. The predicted molar refractivity (Wildman–Crippen MR) is 99.0 cm³/mol. The van der Waals surface area contributed by atoms with Gasteiger partial charge in [0.1, 0.15) is 0 Å². The second kappa shape index (κ2) is 9.85. The molecular formula is C18H36ClN3O. The maximum Gasteiger partial charge on any atom is 0.223 e. The number of hydrogen-bond acceptors (Lipinski definition) is 3. The molecule has 1 unspecified atom stereocenters. The Bertz CT molecular complexity index is 356. The number of halogens is 1. The third-order valence-electron chi connectivity index (χ3n) is 5.54. The van der Waals surface area contributed by atoms with Gasteiger partial charge in [0.25, 0.3) is 0 Å². The van der Waals surface area contributed by atoms with Crippen LogP contribution in [0.4, 0.5) is 0 Å². The summed E-state index contributed by atoms with van der Waals surface area (Å²) in [4.78, 5) is 15.0. The van der Waals surface area contributed by atoms with Gasteiger partial charge in [-0.05, 0) is 64.1 Å². The van der Waals surface area contributed by atoms with E-state index in [0.717, 1.165) is 31.8 Å². The monoisotopic (exact) mass is 345 g/mol. The van der Waals surface area contributed by atoms with E-state index in [0.29, 0.717) is 18.0 Å². The molecule has 3 atom stereocenters. The molecule has 23 heavy (non-hydrogen) atoms. The summed E-state index contributed by atoms with van der Waals surface area (Å²) in [6, 6.07) is 0.949. The smallest absolute Gasteiger partial charge is 0.223 e. The molecule has 2 fully saturated rings. The van der Waals surface area contributed by atoms with Crippen molar-refractivity contribution in [2.24, 2.45) is 17.8 Å². The number of carbonyl (C=O) groups is 1. The maximum atomic E-state index is 12.4. The predicted octanol–water partition coefficient (Wildman–Crippen LogP) is 2.67. The summed E-state index contributed by atoms with van der Waals surface area (Å²) < 4.78 is 0. The van der Waals surface area contributed by atoms with E-state index in [9.17, 15) is 4.79 Å². The SMILES string of the molecule is CC1CCN(C(CNC(=O)[C@H]2CCN[C@@H](C)C2)C(C)C)CC1.Cl. The zero-order chi connectivity index (χ0) is 16.1. The minimum absolute atomic E-state index is 0. The molecule has 5 heteroatoms. The van der Waals surface area contributed by atoms with Gasteiger partial charge >= 0.3 is 0 Å². The zero-order valence-electron chi connectivity index (χ0n) is 15.3. The van der Waals surface area contributed by atoms with Crippen LogP contribution in [-0.2, 0) is 4.79 Å². The highest BCUT2D eigenvalue weighted by Gasteiger charge is 2.28. The standard InChI is InChI=1S/C18H35N3O.ClH/c1-13(2)17(21-9-6-14(3)7-10-21)12-20-18(22)16-5-8-19-15(4)11-16;/h13-17,19H,5-12H2,1-4H3,(H,20,22);1H/t15-,16-,17?;/m0./s1. The summed E-state index contributed by atoms with van der Waals surface area (Å²) in [5.74, 6) is 1.91. The van der Waals surface area contributed by atoms with Crippen LogP contribution in [0.5, 0.6) is 0 Å². The lowest BCUT2D eigenvalue weighted by Crippen LogP contribution is -2.51. The van der Waals surface area contributed by atoms with Crippen molar-refractivity contribution in [1.82, 2.24) is 15.5 Å². The number of nitrogens with one attached hydrogen (secondary N) is 2. The van der Waals surface area contributed by atoms with Crippen LogP contribution in [-0.4, -0.2) is 49.1 Å². The number of likely N-dealkylation sites (tertiary alicyclic amines) is 1. The topological polar surface area (TPSA) is 44.4 Å². The molecule has 136 valence electrons. The summed E-state index contributed by atoms with van der Waals surface area (Å²) in [6.45, 7) is 13.2. The molecule has 0 saturated carbocycles. The molecule has 2 saturated heterocycles. The largest absolute Gasteiger partial charge is 0.354 e. The van der Waals surface area contributed by atoms with Crippen molar-refractivity contribution in [1.29, 1.82) is 0 Å².